The maximum atomic E-state index is 11.8. The predicted molar refractivity (Wildman–Crippen MR) is 70.6 cm³/mol. The minimum atomic E-state index is 0.284. The Bertz CT molecular complexity index is 598. The molecule has 1 heterocycles. The highest BCUT2D eigenvalue weighted by molar-refractivity contribution is 5.98. The summed E-state index contributed by atoms with van der Waals surface area (Å²) in [4.78, 5) is 11.8. The van der Waals surface area contributed by atoms with E-state index in [1.807, 2.05) is 29.1 Å². The van der Waals surface area contributed by atoms with Gasteiger partial charge in [0.15, 0.2) is 5.78 Å². The number of aryl methyl sites for hydroxylation is 2. The Hall–Kier alpha value is -1.90. The molecule has 2 aromatic rings. The minimum absolute atomic E-state index is 0.284. The van der Waals surface area contributed by atoms with Crippen LogP contribution in [0.5, 0.6) is 0 Å². The molecule has 0 amide bonds. The Morgan fingerprint density at radius 1 is 1.28 bits per heavy atom. The number of rotatable bonds is 2. The third kappa shape index (κ3) is 1.76. The van der Waals surface area contributed by atoms with Crippen LogP contribution in [-0.4, -0.2) is 15.6 Å². The molecule has 18 heavy (non-hydrogen) atoms. The van der Waals surface area contributed by atoms with Crippen molar-refractivity contribution in [2.45, 2.75) is 32.7 Å². The predicted octanol–water partition coefficient (Wildman–Crippen LogP) is 3.09. The van der Waals surface area contributed by atoms with E-state index in [1.165, 1.54) is 5.56 Å². The summed E-state index contributed by atoms with van der Waals surface area (Å²) in [6.07, 6.45) is 4.50. The highest BCUT2D eigenvalue weighted by Gasteiger charge is 2.17. The van der Waals surface area contributed by atoms with Gasteiger partial charge in [-0.05, 0) is 37.5 Å². The largest absolute Gasteiger partial charge is 0.294 e. The number of aromatic nitrogens is 2. The summed E-state index contributed by atoms with van der Waals surface area (Å²) in [5, 5.41) is 4.29. The highest BCUT2D eigenvalue weighted by Crippen LogP contribution is 2.27. The molecule has 1 aliphatic carbocycles. The van der Waals surface area contributed by atoms with Crippen LogP contribution in [0.1, 0.15) is 35.7 Å². The van der Waals surface area contributed by atoms with Crippen LogP contribution in [0.25, 0.3) is 11.3 Å². The van der Waals surface area contributed by atoms with E-state index in [1.54, 1.807) is 0 Å². The maximum absolute atomic E-state index is 11.8. The zero-order valence-electron chi connectivity index (χ0n) is 10.5. The second-order valence-electron chi connectivity index (χ2n) is 4.68. The molecule has 0 aliphatic heterocycles. The standard InChI is InChI=1S/C15H16N2O/c1-2-17-14(8-9-16-17)12-6-7-13-11(10-12)4-3-5-15(13)18/h6-10H,2-5H2,1H3. The molecule has 0 spiro atoms. The molecule has 0 N–H and O–H groups in total. The Morgan fingerprint density at radius 2 is 2.17 bits per heavy atom. The molecule has 0 radical (unpaired) electrons. The number of fused-ring (bicyclic) bond motifs is 1. The van der Waals surface area contributed by atoms with Crippen LogP contribution < -0.4 is 0 Å². The Labute approximate surface area is 106 Å². The van der Waals surface area contributed by atoms with Gasteiger partial charge in [-0.3, -0.25) is 9.48 Å². The van der Waals surface area contributed by atoms with Crippen molar-refractivity contribution in [3.05, 3.63) is 41.6 Å². The quantitative estimate of drug-likeness (QED) is 0.808. The number of ketones is 1. The first-order valence-corrected chi connectivity index (χ1v) is 6.48. The molecule has 92 valence electrons. The monoisotopic (exact) mass is 240 g/mol. The van der Waals surface area contributed by atoms with Gasteiger partial charge >= 0.3 is 0 Å². The second kappa shape index (κ2) is 4.41. The highest BCUT2D eigenvalue weighted by atomic mass is 16.1. The fourth-order valence-electron chi connectivity index (χ4n) is 2.64. The van der Waals surface area contributed by atoms with E-state index in [4.69, 9.17) is 0 Å². The molecule has 3 heteroatoms. The van der Waals surface area contributed by atoms with Crippen LogP contribution in [0, 0.1) is 0 Å². The number of hydrogen-bond acceptors (Lipinski definition) is 2. The molecular weight excluding hydrogens is 224 g/mol. The van der Waals surface area contributed by atoms with Gasteiger partial charge in [0.2, 0.25) is 0 Å². The maximum Gasteiger partial charge on any atom is 0.163 e. The van der Waals surface area contributed by atoms with Crippen molar-refractivity contribution in [1.82, 2.24) is 9.78 Å². The van der Waals surface area contributed by atoms with E-state index in [-0.39, 0.29) is 5.78 Å². The first-order valence-electron chi connectivity index (χ1n) is 6.48. The van der Waals surface area contributed by atoms with Gasteiger partial charge in [-0.25, -0.2) is 0 Å². The topological polar surface area (TPSA) is 34.9 Å². The zero-order chi connectivity index (χ0) is 12.5. The van der Waals surface area contributed by atoms with Gasteiger partial charge in [0.1, 0.15) is 0 Å². The van der Waals surface area contributed by atoms with Crippen LogP contribution in [0.3, 0.4) is 0 Å². The van der Waals surface area contributed by atoms with Crippen molar-refractivity contribution < 1.29 is 4.79 Å². The molecule has 0 atom stereocenters. The number of carbonyl (C=O) groups excluding carboxylic acids is 1. The van der Waals surface area contributed by atoms with Crippen LogP contribution >= 0.6 is 0 Å². The van der Waals surface area contributed by atoms with Gasteiger partial charge in [-0.15, -0.1) is 0 Å². The molecule has 0 bridgehead atoms. The van der Waals surface area contributed by atoms with Crippen molar-refractivity contribution in [2.24, 2.45) is 0 Å². The lowest BCUT2D eigenvalue weighted by Crippen LogP contribution is -2.10. The number of nitrogens with zero attached hydrogens (tertiary/aromatic N) is 2. The summed E-state index contributed by atoms with van der Waals surface area (Å²) in [6.45, 7) is 2.94. The first-order chi connectivity index (χ1) is 8.79. The lowest BCUT2D eigenvalue weighted by Gasteiger charge is -2.16. The van der Waals surface area contributed by atoms with Crippen LogP contribution in [0.2, 0.25) is 0 Å². The summed E-state index contributed by atoms with van der Waals surface area (Å²) in [5.74, 6) is 0.284. The van der Waals surface area contributed by atoms with E-state index < -0.39 is 0 Å². The summed E-state index contributed by atoms with van der Waals surface area (Å²) < 4.78 is 1.98. The normalized spacial score (nSPS) is 14.6. The van der Waals surface area contributed by atoms with E-state index in [0.29, 0.717) is 6.42 Å². The van der Waals surface area contributed by atoms with Crippen molar-refractivity contribution in [3.8, 4) is 11.3 Å². The molecule has 3 rings (SSSR count). The van der Waals surface area contributed by atoms with Crippen molar-refractivity contribution in [3.63, 3.8) is 0 Å². The molecule has 1 aromatic heterocycles. The summed E-state index contributed by atoms with van der Waals surface area (Å²) >= 11 is 0. The van der Waals surface area contributed by atoms with Gasteiger partial charge in [0, 0.05) is 30.3 Å². The minimum Gasteiger partial charge on any atom is -0.294 e. The lowest BCUT2D eigenvalue weighted by molar-refractivity contribution is 0.0972. The zero-order valence-corrected chi connectivity index (χ0v) is 10.5. The summed E-state index contributed by atoms with van der Waals surface area (Å²) in [6, 6.07) is 8.18. The van der Waals surface area contributed by atoms with E-state index >= 15 is 0 Å². The Kier molecular flexibility index (Phi) is 2.74. The number of hydrogen-bond donors (Lipinski definition) is 0. The number of Topliss-reactive ketones (excluding diaryl/α,β-unsaturated/α-hetero) is 1. The molecule has 3 nitrogen and oxygen atoms in total. The molecule has 0 saturated heterocycles. The number of carbonyl (C=O) groups is 1. The van der Waals surface area contributed by atoms with Crippen molar-refractivity contribution in [2.75, 3.05) is 0 Å². The fourth-order valence-corrected chi connectivity index (χ4v) is 2.64. The van der Waals surface area contributed by atoms with E-state index in [0.717, 1.165) is 36.2 Å². The van der Waals surface area contributed by atoms with Crippen LogP contribution in [0.15, 0.2) is 30.5 Å². The summed E-state index contributed by atoms with van der Waals surface area (Å²) in [5.41, 5.74) is 4.38. The molecule has 1 aliphatic rings. The van der Waals surface area contributed by atoms with Gasteiger partial charge in [-0.2, -0.15) is 5.10 Å². The van der Waals surface area contributed by atoms with Crippen molar-refractivity contribution in [1.29, 1.82) is 0 Å². The first kappa shape index (κ1) is 11.2. The van der Waals surface area contributed by atoms with Gasteiger partial charge in [0.25, 0.3) is 0 Å². The van der Waals surface area contributed by atoms with Crippen LogP contribution in [-0.2, 0) is 13.0 Å². The smallest absolute Gasteiger partial charge is 0.163 e. The molecular formula is C15H16N2O. The van der Waals surface area contributed by atoms with Gasteiger partial charge in [0.05, 0.1) is 5.69 Å². The third-order valence-corrected chi connectivity index (χ3v) is 3.57. The third-order valence-electron chi connectivity index (χ3n) is 3.57. The second-order valence-corrected chi connectivity index (χ2v) is 4.68. The SMILES string of the molecule is CCn1nccc1-c1ccc2c(c1)CCCC2=O. The van der Waals surface area contributed by atoms with Gasteiger partial charge in [-0.1, -0.05) is 12.1 Å². The molecule has 0 fully saturated rings. The fraction of sp³-hybridized carbons (Fsp3) is 0.333. The Balaban J connectivity index is 2.07. The van der Waals surface area contributed by atoms with Gasteiger partial charge < -0.3 is 0 Å². The molecule has 0 unspecified atom stereocenters. The lowest BCUT2D eigenvalue weighted by atomic mass is 9.89. The average Bonchev–Trinajstić information content (AvgIpc) is 2.87. The number of benzene rings is 1. The van der Waals surface area contributed by atoms with Crippen molar-refractivity contribution >= 4 is 5.78 Å². The van der Waals surface area contributed by atoms with E-state index in [9.17, 15) is 4.79 Å². The van der Waals surface area contributed by atoms with Crippen LogP contribution in [0.4, 0.5) is 0 Å². The Morgan fingerprint density at radius 3 is 3.00 bits per heavy atom. The molecule has 1 aromatic carbocycles. The average molecular weight is 240 g/mol. The molecule has 0 saturated carbocycles. The summed E-state index contributed by atoms with van der Waals surface area (Å²) in [7, 11) is 0. The van der Waals surface area contributed by atoms with E-state index in [2.05, 4.69) is 18.1 Å².